The minimum atomic E-state index is -0.0732. The SMILES string of the molecule is C[C@@H]1Cc2ccccc2N1C(=O)CSc1nc2ccccc2c(=O)n1C[C@@H]1CCCO1. The fourth-order valence-corrected chi connectivity index (χ4v) is 5.42. The van der Waals surface area contributed by atoms with Crippen molar-refractivity contribution >= 4 is 34.3 Å². The minimum absolute atomic E-state index is 0.0150. The van der Waals surface area contributed by atoms with Crippen LogP contribution >= 0.6 is 11.8 Å². The molecule has 1 amide bonds. The Balaban J connectivity index is 1.43. The van der Waals surface area contributed by atoms with Crippen molar-refractivity contribution in [1.82, 2.24) is 9.55 Å². The zero-order valence-electron chi connectivity index (χ0n) is 17.5. The topological polar surface area (TPSA) is 64.4 Å². The van der Waals surface area contributed by atoms with Crippen LogP contribution in [0.25, 0.3) is 10.9 Å². The maximum atomic E-state index is 13.2. The van der Waals surface area contributed by atoms with Gasteiger partial charge < -0.3 is 9.64 Å². The van der Waals surface area contributed by atoms with Gasteiger partial charge in [0.1, 0.15) is 0 Å². The van der Waals surface area contributed by atoms with Crippen molar-refractivity contribution in [1.29, 1.82) is 0 Å². The predicted molar refractivity (Wildman–Crippen MR) is 123 cm³/mol. The lowest BCUT2D eigenvalue weighted by Crippen LogP contribution is -2.37. The molecule has 31 heavy (non-hydrogen) atoms. The van der Waals surface area contributed by atoms with Gasteiger partial charge in [0.2, 0.25) is 5.91 Å². The highest BCUT2D eigenvalue weighted by Gasteiger charge is 2.30. The number of thioether (sulfide) groups is 1. The van der Waals surface area contributed by atoms with Gasteiger partial charge in [-0.2, -0.15) is 0 Å². The van der Waals surface area contributed by atoms with E-state index in [1.54, 1.807) is 10.6 Å². The van der Waals surface area contributed by atoms with Crippen LogP contribution in [0.1, 0.15) is 25.3 Å². The Hall–Kier alpha value is -2.64. The number of nitrogens with zero attached hydrogens (tertiary/aromatic N) is 3. The van der Waals surface area contributed by atoms with Crippen molar-refractivity contribution < 1.29 is 9.53 Å². The lowest BCUT2D eigenvalue weighted by Gasteiger charge is -2.23. The summed E-state index contributed by atoms with van der Waals surface area (Å²) in [6.07, 6.45) is 2.82. The standard InChI is InChI=1S/C24H25N3O3S/c1-16-13-17-7-2-5-11-21(17)27(16)22(28)15-31-24-25-20-10-4-3-9-19(20)23(29)26(24)14-18-8-6-12-30-18/h2-5,7,9-11,16,18H,6,8,12-15H2,1H3/t16-,18+/m1/s1. The number of para-hydroxylation sites is 2. The fraction of sp³-hybridized carbons (Fsp3) is 0.375. The molecule has 1 saturated heterocycles. The van der Waals surface area contributed by atoms with E-state index in [-0.39, 0.29) is 29.4 Å². The number of hydrogen-bond acceptors (Lipinski definition) is 5. The highest BCUT2D eigenvalue weighted by Crippen LogP contribution is 2.33. The number of hydrogen-bond donors (Lipinski definition) is 0. The number of fused-ring (bicyclic) bond motifs is 2. The van der Waals surface area contributed by atoms with Crippen LogP contribution in [0.4, 0.5) is 5.69 Å². The van der Waals surface area contributed by atoms with Gasteiger partial charge in [-0.1, -0.05) is 42.1 Å². The van der Waals surface area contributed by atoms with E-state index >= 15 is 0 Å². The van der Waals surface area contributed by atoms with E-state index in [1.165, 1.54) is 17.3 Å². The Morgan fingerprint density at radius 2 is 2.00 bits per heavy atom. The highest BCUT2D eigenvalue weighted by molar-refractivity contribution is 7.99. The van der Waals surface area contributed by atoms with Crippen LogP contribution in [0.3, 0.4) is 0 Å². The van der Waals surface area contributed by atoms with Crippen LogP contribution in [0, 0.1) is 0 Å². The highest BCUT2D eigenvalue weighted by atomic mass is 32.2. The van der Waals surface area contributed by atoms with Gasteiger partial charge in [0.15, 0.2) is 5.16 Å². The molecule has 5 rings (SSSR count). The molecular weight excluding hydrogens is 410 g/mol. The first kappa shape index (κ1) is 20.3. The summed E-state index contributed by atoms with van der Waals surface area (Å²) in [5.41, 5.74) is 2.78. The minimum Gasteiger partial charge on any atom is -0.376 e. The number of benzene rings is 2. The third kappa shape index (κ3) is 3.88. The molecule has 0 spiro atoms. The van der Waals surface area contributed by atoms with Crippen LogP contribution in [-0.2, 0) is 22.5 Å². The van der Waals surface area contributed by atoms with Gasteiger partial charge in [-0.3, -0.25) is 14.2 Å². The summed E-state index contributed by atoms with van der Waals surface area (Å²) in [6.45, 7) is 3.27. The zero-order valence-corrected chi connectivity index (χ0v) is 18.3. The third-order valence-corrected chi connectivity index (χ3v) is 7.00. The van der Waals surface area contributed by atoms with Crippen LogP contribution < -0.4 is 10.5 Å². The quantitative estimate of drug-likeness (QED) is 0.452. The second-order valence-electron chi connectivity index (χ2n) is 8.20. The molecule has 0 radical (unpaired) electrons. The number of carbonyl (C=O) groups is 1. The van der Waals surface area contributed by atoms with Crippen molar-refractivity contribution in [3.05, 3.63) is 64.4 Å². The van der Waals surface area contributed by atoms with Crippen molar-refractivity contribution in [2.45, 2.75) is 50.0 Å². The average molecular weight is 436 g/mol. The van der Waals surface area contributed by atoms with Crippen molar-refractivity contribution in [3.8, 4) is 0 Å². The first-order chi connectivity index (χ1) is 15.1. The third-order valence-electron chi connectivity index (χ3n) is 6.04. The van der Waals surface area contributed by atoms with Gasteiger partial charge in [-0.05, 0) is 49.9 Å². The van der Waals surface area contributed by atoms with E-state index in [1.807, 2.05) is 41.3 Å². The zero-order chi connectivity index (χ0) is 21.4. The van der Waals surface area contributed by atoms with E-state index < -0.39 is 0 Å². The summed E-state index contributed by atoms with van der Waals surface area (Å²) in [7, 11) is 0. The molecule has 6 nitrogen and oxygen atoms in total. The molecule has 2 atom stereocenters. The Bertz CT molecular complexity index is 1190. The lowest BCUT2D eigenvalue weighted by molar-refractivity contribution is -0.116. The predicted octanol–water partition coefficient (Wildman–Crippen LogP) is 3.65. The molecule has 3 heterocycles. The molecule has 0 unspecified atom stereocenters. The Labute approximate surface area is 185 Å². The molecule has 1 aromatic heterocycles. The number of rotatable bonds is 5. The maximum Gasteiger partial charge on any atom is 0.262 e. The maximum absolute atomic E-state index is 13.2. The first-order valence-electron chi connectivity index (χ1n) is 10.8. The fourth-order valence-electron chi connectivity index (χ4n) is 4.55. The van der Waals surface area contributed by atoms with Gasteiger partial charge >= 0.3 is 0 Å². The number of amides is 1. The summed E-state index contributed by atoms with van der Waals surface area (Å²) < 4.78 is 7.46. The molecular formula is C24H25N3O3S. The smallest absolute Gasteiger partial charge is 0.262 e. The molecule has 160 valence electrons. The van der Waals surface area contributed by atoms with Gasteiger partial charge in [0, 0.05) is 18.3 Å². The lowest BCUT2D eigenvalue weighted by atomic mass is 10.1. The van der Waals surface area contributed by atoms with E-state index in [0.717, 1.165) is 31.6 Å². The molecule has 2 aliphatic rings. The van der Waals surface area contributed by atoms with Crippen LogP contribution in [0.2, 0.25) is 0 Å². The van der Waals surface area contributed by atoms with Crippen molar-refractivity contribution in [3.63, 3.8) is 0 Å². The van der Waals surface area contributed by atoms with Gasteiger partial charge in [0.25, 0.3) is 5.56 Å². The molecule has 0 bridgehead atoms. The van der Waals surface area contributed by atoms with Crippen LogP contribution in [-0.4, -0.2) is 40.0 Å². The summed E-state index contributed by atoms with van der Waals surface area (Å²) in [5.74, 6) is 0.267. The molecule has 0 saturated carbocycles. The van der Waals surface area contributed by atoms with Crippen molar-refractivity contribution in [2.24, 2.45) is 0 Å². The van der Waals surface area contributed by atoms with Crippen molar-refractivity contribution in [2.75, 3.05) is 17.3 Å². The van der Waals surface area contributed by atoms with Gasteiger partial charge in [-0.15, -0.1) is 0 Å². The second-order valence-corrected chi connectivity index (χ2v) is 9.14. The largest absolute Gasteiger partial charge is 0.376 e. The van der Waals surface area contributed by atoms with Crippen LogP contribution in [0.15, 0.2) is 58.5 Å². The van der Waals surface area contributed by atoms with Gasteiger partial charge in [-0.25, -0.2) is 4.98 Å². The number of ether oxygens (including phenoxy) is 1. The Morgan fingerprint density at radius 1 is 1.19 bits per heavy atom. The number of carbonyl (C=O) groups excluding carboxylic acids is 1. The van der Waals surface area contributed by atoms with Crippen LogP contribution in [0.5, 0.6) is 0 Å². The molecule has 7 heteroatoms. The first-order valence-corrected chi connectivity index (χ1v) is 11.7. The van der Waals surface area contributed by atoms with E-state index in [2.05, 4.69) is 13.0 Å². The Kier molecular flexibility index (Phi) is 5.54. The van der Waals surface area contributed by atoms with E-state index in [9.17, 15) is 9.59 Å². The molecule has 3 aromatic rings. The average Bonchev–Trinajstić information content (AvgIpc) is 3.41. The van der Waals surface area contributed by atoms with E-state index in [4.69, 9.17) is 9.72 Å². The number of aromatic nitrogens is 2. The molecule has 0 N–H and O–H groups in total. The van der Waals surface area contributed by atoms with Gasteiger partial charge in [0.05, 0.1) is 29.3 Å². The monoisotopic (exact) mass is 435 g/mol. The molecule has 2 aromatic carbocycles. The van der Waals surface area contributed by atoms with E-state index in [0.29, 0.717) is 22.6 Å². The Morgan fingerprint density at radius 3 is 2.84 bits per heavy atom. The summed E-state index contributed by atoms with van der Waals surface area (Å²) in [5, 5.41) is 1.17. The number of anilines is 1. The molecule has 2 aliphatic heterocycles. The molecule has 0 aliphatic carbocycles. The molecule has 1 fully saturated rings. The second kappa shape index (κ2) is 8.48. The summed E-state index contributed by atoms with van der Waals surface area (Å²) >= 11 is 1.34. The normalized spacial score (nSPS) is 20.4. The summed E-state index contributed by atoms with van der Waals surface area (Å²) in [4.78, 5) is 33.0. The summed E-state index contributed by atoms with van der Waals surface area (Å²) in [6, 6.07) is 15.6.